The Labute approximate surface area is 46.3 Å². The molecule has 5 heteroatoms. The minimum absolute atomic E-state index is 0.238. The lowest BCUT2D eigenvalue weighted by molar-refractivity contribution is 0.827. The molecule has 0 atom stereocenters. The van der Waals surface area contributed by atoms with Gasteiger partial charge in [-0.3, -0.25) is 0 Å². The van der Waals surface area contributed by atoms with E-state index in [1.807, 2.05) is 0 Å². The smallest absolute Gasteiger partial charge is 0.238 e. The fourth-order valence-corrected chi connectivity index (χ4v) is 0.447. The van der Waals surface area contributed by atoms with Crippen molar-refractivity contribution in [3.63, 3.8) is 0 Å². The van der Waals surface area contributed by atoms with Crippen molar-refractivity contribution in [1.29, 1.82) is 0 Å². The van der Waals surface area contributed by atoms with Crippen LogP contribution in [0.1, 0.15) is 5.82 Å². The third-order valence-electron chi connectivity index (χ3n) is 0.764. The van der Waals surface area contributed by atoms with Crippen LogP contribution < -0.4 is 11.6 Å². The lowest BCUT2D eigenvalue weighted by Crippen LogP contribution is -2.13. The molecule has 0 radical (unpaired) electrons. The topological polar surface area (TPSA) is 82.8 Å². The summed E-state index contributed by atoms with van der Waals surface area (Å²) in [5, 5.41) is 3.67. The van der Waals surface area contributed by atoms with Crippen LogP contribution in [0.2, 0.25) is 0 Å². The van der Waals surface area contributed by atoms with Crippen molar-refractivity contribution in [2.24, 2.45) is 0 Å². The molecule has 0 aliphatic carbocycles. The Morgan fingerprint density at radius 2 is 2.25 bits per heavy atom. The second-order valence-electron chi connectivity index (χ2n) is 1.46. The molecule has 44 valence electrons. The van der Waals surface area contributed by atoms with E-state index in [0.717, 1.165) is 4.79 Å². The molecule has 1 heterocycles. The summed E-state index contributed by atoms with van der Waals surface area (Å²) in [5.41, 5.74) is 5.20. The summed E-state index contributed by atoms with van der Waals surface area (Å²) in [6.45, 7) is 1.72. The Kier molecular flexibility index (Phi) is 0.831. The molecule has 1 aromatic rings. The molecule has 4 N–H and O–H groups in total. The minimum Gasteiger partial charge on any atom is -0.367 e. The van der Waals surface area contributed by atoms with E-state index in [2.05, 4.69) is 10.1 Å². The fourth-order valence-electron chi connectivity index (χ4n) is 0.447. The Bertz CT molecular complexity index is 170. The van der Waals surface area contributed by atoms with Gasteiger partial charge in [-0.1, -0.05) is 0 Å². The monoisotopic (exact) mass is 113 g/mol. The molecule has 8 heavy (non-hydrogen) atoms. The Morgan fingerprint density at radius 1 is 1.62 bits per heavy atom. The molecule has 0 saturated heterocycles. The lowest BCUT2D eigenvalue weighted by atomic mass is 10.8. The largest absolute Gasteiger partial charge is 0.367 e. The first-order chi connectivity index (χ1) is 3.70. The van der Waals surface area contributed by atoms with Gasteiger partial charge in [0.05, 0.1) is 0 Å². The highest BCUT2D eigenvalue weighted by molar-refractivity contribution is 5.14. The van der Waals surface area contributed by atoms with Gasteiger partial charge in [0.15, 0.2) is 5.82 Å². The van der Waals surface area contributed by atoms with Crippen LogP contribution in [-0.2, 0) is 0 Å². The summed E-state index contributed by atoms with van der Waals surface area (Å²) in [6.07, 6.45) is 0. The van der Waals surface area contributed by atoms with Crippen molar-refractivity contribution < 1.29 is 0 Å². The van der Waals surface area contributed by atoms with Gasteiger partial charge in [-0.05, 0) is 6.92 Å². The molecule has 1 aromatic heterocycles. The summed E-state index contributed by atoms with van der Waals surface area (Å²) in [6, 6.07) is 0. The molecule has 1 rings (SSSR count). The number of hydrogen-bond donors (Lipinski definition) is 2. The van der Waals surface area contributed by atoms with Crippen molar-refractivity contribution in [3.8, 4) is 0 Å². The SMILES string of the molecule is Cc1nc(N)n(N)n1. The summed E-state index contributed by atoms with van der Waals surface area (Å²) >= 11 is 0. The third kappa shape index (κ3) is 0.575. The van der Waals surface area contributed by atoms with Crippen LogP contribution in [0.4, 0.5) is 5.95 Å². The standard InChI is InChI=1S/C3H7N5/c1-2-6-3(4)8(5)7-2/h5H2,1H3,(H2,4,6,7). The maximum atomic E-state index is 5.20. The number of nitrogens with zero attached hydrogens (tertiary/aromatic N) is 3. The zero-order chi connectivity index (χ0) is 6.15. The van der Waals surface area contributed by atoms with Crippen LogP contribution in [0.15, 0.2) is 0 Å². The zero-order valence-corrected chi connectivity index (χ0v) is 4.50. The minimum atomic E-state index is 0.238. The summed E-state index contributed by atoms with van der Waals surface area (Å²) < 4.78 is 0. The van der Waals surface area contributed by atoms with Gasteiger partial charge in [0, 0.05) is 0 Å². The summed E-state index contributed by atoms with van der Waals surface area (Å²) in [7, 11) is 0. The van der Waals surface area contributed by atoms with Crippen LogP contribution >= 0.6 is 0 Å². The predicted molar refractivity (Wildman–Crippen MR) is 29.3 cm³/mol. The fraction of sp³-hybridized carbons (Fsp3) is 0.333. The highest BCUT2D eigenvalue weighted by Crippen LogP contribution is 1.90. The predicted octanol–water partition coefficient (Wildman–Crippen LogP) is -1.12. The number of hydrogen-bond acceptors (Lipinski definition) is 4. The lowest BCUT2D eigenvalue weighted by Gasteiger charge is -1.85. The van der Waals surface area contributed by atoms with Gasteiger partial charge in [-0.25, -0.2) is 0 Å². The van der Waals surface area contributed by atoms with Crippen molar-refractivity contribution >= 4 is 5.95 Å². The molecule has 0 aromatic carbocycles. The van der Waals surface area contributed by atoms with E-state index in [9.17, 15) is 0 Å². The first-order valence-electron chi connectivity index (χ1n) is 2.14. The van der Waals surface area contributed by atoms with E-state index in [4.69, 9.17) is 11.6 Å². The third-order valence-corrected chi connectivity index (χ3v) is 0.764. The molecule has 0 aliphatic rings. The first kappa shape index (κ1) is 4.89. The van der Waals surface area contributed by atoms with Gasteiger partial charge in [0.25, 0.3) is 0 Å². The summed E-state index contributed by atoms with van der Waals surface area (Å²) in [5.74, 6) is 5.99. The van der Waals surface area contributed by atoms with Crippen LogP contribution in [0.3, 0.4) is 0 Å². The highest BCUT2D eigenvalue weighted by Gasteiger charge is 1.95. The second kappa shape index (κ2) is 1.36. The molecule has 0 unspecified atom stereocenters. The average Bonchev–Trinajstić information content (AvgIpc) is 1.85. The normalized spacial score (nSPS) is 9.62. The van der Waals surface area contributed by atoms with Crippen molar-refractivity contribution in [1.82, 2.24) is 14.9 Å². The van der Waals surface area contributed by atoms with E-state index in [1.165, 1.54) is 0 Å². The number of rotatable bonds is 0. The molecule has 5 nitrogen and oxygen atoms in total. The van der Waals surface area contributed by atoms with E-state index in [1.54, 1.807) is 6.92 Å². The van der Waals surface area contributed by atoms with Gasteiger partial charge in [0.2, 0.25) is 5.95 Å². The number of anilines is 1. The van der Waals surface area contributed by atoms with Gasteiger partial charge in [-0.2, -0.15) is 4.98 Å². The van der Waals surface area contributed by atoms with Crippen LogP contribution in [-0.4, -0.2) is 14.9 Å². The molecule has 0 spiro atoms. The molecular weight excluding hydrogens is 106 g/mol. The van der Waals surface area contributed by atoms with Crippen molar-refractivity contribution in [3.05, 3.63) is 5.82 Å². The Balaban J connectivity index is 3.14. The van der Waals surface area contributed by atoms with Gasteiger partial charge in [0.1, 0.15) is 0 Å². The van der Waals surface area contributed by atoms with Crippen molar-refractivity contribution in [2.75, 3.05) is 11.6 Å². The number of aromatic nitrogens is 3. The Morgan fingerprint density at radius 3 is 2.38 bits per heavy atom. The van der Waals surface area contributed by atoms with E-state index >= 15 is 0 Å². The molecule has 0 saturated carbocycles. The number of aryl methyl sites for hydroxylation is 1. The number of nitrogens with two attached hydrogens (primary N) is 2. The van der Waals surface area contributed by atoms with Crippen molar-refractivity contribution in [2.45, 2.75) is 6.92 Å². The summed E-state index contributed by atoms with van der Waals surface area (Å²) in [4.78, 5) is 4.75. The highest BCUT2D eigenvalue weighted by atomic mass is 15.5. The van der Waals surface area contributed by atoms with E-state index in [0.29, 0.717) is 5.82 Å². The number of nitrogen functional groups attached to an aromatic ring is 2. The van der Waals surface area contributed by atoms with Crippen LogP contribution in [0, 0.1) is 6.92 Å². The van der Waals surface area contributed by atoms with Crippen LogP contribution in [0.25, 0.3) is 0 Å². The quantitative estimate of drug-likeness (QED) is 0.417. The van der Waals surface area contributed by atoms with Gasteiger partial charge >= 0.3 is 0 Å². The molecule has 0 bridgehead atoms. The second-order valence-corrected chi connectivity index (χ2v) is 1.46. The van der Waals surface area contributed by atoms with E-state index in [-0.39, 0.29) is 5.95 Å². The maximum Gasteiger partial charge on any atom is 0.238 e. The van der Waals surface area contributed by atoms with E-state index < -0.39 is 0 Å². The Hall–Kier alpha value is -1.26. The molecule has 0 amide bonds. The first-order valence-corrected chi connectivity index (χ1v) is 2.14. The molecule has 0 fully saturated rings. The molecule has 0 aliphatic heterocycles. The maximum absolute atomic E-state index is 5.20. The zero-order valence-electron chi connectivity index (χ0n) is 4.50. The van der Waals surface area contributed by atoms with Gasteiger partial charge in [-0.15, -0.1) is 9.89 Å². The van der Waals surface area contributed by atoms with Gasteiger partial charge < -0.3 is 11.6 Å². The molecular formula is C3H7N5. The average molecular weight is 113 g/mol. The van der Waals surface area contributed by atoms with Crippen LogP contribution in [0.5, 0.6) is 0 Å².